The van der Waals surface area contributed by atoms with Crippen LogP contribution < -0.4 is 5.32 Å². The van der Waals surface area contributed by atoms with Gasteiger partial charge in [-0.1, -0.05) is 0 Å². The van der Waals surface area contributed by atoms with Gasteiger partial charge in [-0.3, -0.25) is 4.79 Å². The number of aliphatic carboxylic acids is 1. The zero-order valence-corrected chi connectivity index (χ0v) is 7.58. The molecule has 0 aliphatic carbocycles. The van der Waals surface area contributed by atoms with Crippen molar-refractivity contribution in [3.63, 3.8) is 0 Å². The Hall–Kier alpha value is -0.610. The molecule has 4 heteroatoms. The third kappa shape index (κ3) is 1.56. The zero-order chi connectivity index (χ0) is 9.31. The van der Waals surface area contributed by atoms with Crippen LogP contribution in [0.15, 0.2) is 0 Å². The van der Waals surface area contributed by atoms with Gasteiger partial charge in [0.2, 0.25) is 0 Å². The molecule has 0 aromatic rings. The molecule has 0 radical (unpaired) electrons. The van der Waals surface area contributed by atoms with E-state index in [4.69, 9.17) is 9.84 Å². The van der Waals surface area contributed by atoms with Gasteiger partial charge in [0, 0.05) is 19.7 Å². The Morgan fingerprint density at radius 1 is 1.62 bits per heavy atom. The minimum absolute atomic E-state index is 0.179. The highest BCUT2D eigenvalue weighted by molar-refractivity contribution is 5.76. The van der Waals surface area contributed by atoms with Crippen molar-refractivity contribution in [3.8, 4) is 0 Å². The molecule has 0 aromatic carbocycles. The highest BCUT2D eigenvalue weighted by Crippen LogP contribution is 2.32. The molecule has 1 unspecified atom stereocenters. The van der Waals surface area contributed by atoms with E-state index in [2.05, 4.69) is 5.32 Å². The Bertz CT molecular complexity index is 207. The molecule has 2 aliphatic rings. The summed E-state index contributed by atoms with van der Waals surface area (Å²) in [7, 11) is 0. The first-order valence-electron chi connectivity index (χ1n) is 4.79. The molecular formula is C9H15NO3. The average Bonchev–Trinajstić information content (AvgIpc) is 2.47. The van der Waals surface area contributed by atoms with Crippen LogP contribution in [0.2, 0.25) is 0 Å². The van der Waals surface area contributed by atoms with Gasteiger partial charge in [-0.25, -0.2) is 0 Å². The van der Waals surface area contributed by atoms with Crippen LogP contribution in [0.1, 0.15) is 19.3 Å². The van der Waals surface area contributed by atoms with Gasteiger partial charge in [-0.05, 0) is 19.3 Å². The van der Waals surface area contributed by atoms with E-state index in [1.807, 2.05) is 0 Å². The molecule has 2 heterocycles. The van der Waals surface area contributed by atoms with Crippen molar-refractivity contribution in [2.45, 2.75) is 25.4 Å². The van der Waals surface area contributed by atoms with Gasteiger partial charge >= 0.3 is 5.97 Å². The van der Waals surface area contributed by atoms with Gasteiger partial charge in [-0.2, -0.15) is 0 Å². The quantitative estimate of drug-likeness (QED) is 0.660. The SMILES string of the molecule is O=C(O)C1(CC2CCCO2)CNC1. The van der Waals surface area contributed by atoms with E-state index in [9.17, 15) is 4.79 Å². The minimum Gasteiger partial charge on any atom is -0.481 e. The maximum absolute atomic E-state index is 11.0. The van der Waals surface area contributed by atoms with Crippen LogP contribution in [0.25, 0.3) is 0 Å². The second-order valence-electron chi connectivity index (χ2n) is 4.03. The summed E-state index contributed by atoms with van der Waals surface area (Å²) >= 11 is 0. The van der Waals surface area contributed by atoms with Gasteiger partial charge in [0.05, 0.1) is 11.5 Å². The summed E-state index contributed by atoms with van der Waals surface area (Å²) < 4.78 is 5.44. The summed E-state index contributed by atoms with van der Waals surface area (Å²) in [5.74, 6) is -0.679. The second kappa shape index (κ2) is 3.27. The third-order valence-electron chi connectivity index (χ3n) is 3.02. The van der Waals surface area contributed by atoms with Crippen LogP contribution in [-0.2, 0) is 9.53 Å². The number of rotatable bonds is 3. The van der Waals surface area contributed by atoms with Gasteiger partial charge in [0.15, 0.2) is 0 Å². The molecule has 4 nitrogen and oxygen atoms in total. The number of hydrogen-bond acceptors (Lipinski definition) is 3. The Kier molecular flexibility index (Phi) is 2.26. The number of carboxylic acids is 1. The van der Waals surface area contributed by atoms with Crippen LogP contribution in [0, 0.1) is 5.41 Å². The lowest BCUT2D eigenvalue weighted by Gasteiger charge is -2.39. The Balaban J connectivity index is 1.93. The molecule has 2 fully saturated rings. The van der Waals surface area contributed by atoms with E-state index in [-0.39, 0.29) is 6.10 Å². The fourth-order valence-electron chi connectivity index (χ4n) is 2.05. The Labute approximate surface area is 77.3 Å². The molecule has 2 aliphatic heterocycles. The van der Waals surface area contributed by atoms with E-state index < -0.39 is 11.4 Å². The van der Waals surface area contributed by atoms with Crippen molar-refractivity contribution < 1.29 is 14.6 Å². The highest BCUT2D eigenvalue weighted by Gasteiger charge is 2.46. The van der Waals surface area contributed by atoms with E-state index in [0.29, 0.717) is 19.5 Å². The topological polar surface area (TPSA) is 58.6 Å². The van der Waals surface area contributed by atoms with Crippen LogP contribution in [0.4, 0.5) is 0 Å². The standard InChI is InChI=1S/C9H15NO3/c11-8(12)9(5-10-6-9)4-7-2-1-3-13-7/h7,10H,1-6H2,(H,11,12). The monoisotopic (exact) mass is 185 g/mol. The highest BCUT2D eigenvalue weighted by atomic mass is 16.5. The predicted octanol–water partition coefficient (Wildman–Crippen LogP) is 0.230. The molecule has 0 saturated carbocycles. The summed E-state index contributed by atoms with van der Waals surface area (Å²) in [4.78, 5) is 11.0. The van der Waals surface area contributed by atoms with Crippen molar-refractivity contribution in [3.05, 3.63) is 0 Å². The normalized spacial score (nSPS) is 31.2. The lowest BCUT2D eigenvalue weighted by atomic mass is 9.76. The summed E-state index contributed by atoms with van der Waals surface area (Å²) in [5.41, 5.74) is -0.533. The molecule has 1 atom stereocenters. The number of ether oxygens (including phenoxy) is 1. The van der Waals surface area contributed by atoms with Crippen molar-refractivity contribution in [1.29, 1.82) is 0 Å². The first-order chi connectivity index (χ1) is 6.23. The summed E-state index contributed by atoms with van der Waals surface area (Å²) in [5, 5.41) is 12.1. The maximum Gasteiger partial charge on any atom is 0.312 e. The van der Waals surface area contributed by atoms with Crippen LogP contribution >= 0.6 is 0 Å². The van der Waals surface area contributed by atoms with Gasteiger partial charge in [-0.15, -0.1) is 0 Å². The van der Waals surface area contributed by atoms with Gasteiger partial charge < -0.3 is 15.2 Å². The summed E-state index contributed by atoms with van der Waals surface area (Å²) in [6.45, 7) is 2.00. The lowest BCUT2D eigenvalue weighted by molar-refractivity contribution is -0.154. The minimum atomic E-state index is -0.679. The van der Waals surface area contributed by atoms with Crippen molar-refractivity contribution in [1.82, 2.24) is 5.32 Å². The number of hydrogen-bond donors (Lipinski definition) is 2. The first-order valence-corrected chi connectivity index (χ1v) is 4.79. The Morgan fingerprint density at radius 2 is 2.38 bits per heavy atom. The van der Waals surface area contributed by atoms with E-state index in [1.165, 1.54) is 0 Å². The third-order valence-corrected chi connectivity index (χ3v) is 3.02. The predicted molar refractivity (Wildman–Crippen MR) is 46.5 cm³/mol. The summed E-state index contributed by atoms with van der Waals surface area (Å²) in [6, 6.07) is 0. The molecule has 0 bridgehead atoms. The van der Waals surface area contributed by atoms with Crippen LogP contribution in [-0.4, -0.2) is 36.9 Å². The fourth-order valence-corrected chi connectivity index (χ4v) is 2.05. The van der Waals surface area contributed by atoms with E-state index in [0.717, 1.165) is 19.4 Å². The van der Waals surface area contributed by atoms with Crippen LogP contribution in [0.3, 0.4) is 0 Å². The van der Waals surface area contributed by atoms with Crippen LogP contribution in [0.5, 0.6) is 0 Å². The first kappa shape index (κ1) is 8.97. The number of carbonyl (C=O) groups is 1. The number of carboxylic acid groups (broad SMARTS) is 1. The van der Waals surface area contributed by atoms with Crippen molar-refractivity contribution in [2.24, 2.45) is 5.41 Å². The fraction of sp³-hybridized carbons (Fsp3) is 0.889. The lowest BCUT2D eigenvalue weighted by Crippen LogP contribution is -2.59. The Morgan fingerprint density at radius 3 is 2.77 bits per heavy atom. The molecular weight excluding hydrogens is 170 g/mol. The van der Waals surface area contributed by atoms with Crippen molar-refractivity contribution in [2.75, 3.05) is 19.7 Å². The molecule has 0 spiro atoms. The molecule has 74 valence electrons. The molecule has 2 rings (SSSR count). The molecule has 13 heavy (non-hydrogen) atoms. The maximum atomic E-state index is 11.0. The summed E-state index contributed by atoms with van der Waals surface area (Å²) in [6.07, 6.45) is 2.95. The molecule has 2 N–H and O–H groups in total. The van der Waals surface area contributed by atoms with E-state index in [1.54, 1.807) is 0 Å². The number of nitrogens with one attached hydrogen (secondary N) is 1. The molecule has 2 saturated heterocycles. The largest absolute Gasteiger partial charge is 0.481 e. The van der Waals surface area contributed by atoms with Crippen molar-refractivity contribution >= 4 is 5.97 Å². The molecule has 0 amide bonds. The van der Waals surface area contributed by atoms with Gasteiger partial charge in [0.1, 0.15) is 0 Å². The average molecular weight is 185 g/mol. The second-order valence-corrected chi connectivity index (χ2v) is 4.03. The van der Waals surface area contributed by atoms with Gasteiger partial charge in [0.25, 0.3) is 0 Å². The molecule has 0 aromatic heterocycles. The smallest absolute Gasteiger partial charge is 0.312 e. The zero-order valence-electron chi connectivity index (χ0n) is 7.58. The van der Waals surface area contributed by atoms with E-state index >= 15 is 0 Å².